The van der Waals surface area contributed by atoms with Gasteiger partial charge >= 0.3 is 5.97 Å². The average Bonchev–Trinajstić information content (AvgIpc) is 3.46. The third-order valence-electron chi connectivity index (χ3n) is 7.13. The number of ether oxygens (including phenoxy) is 1. The summed E-state index contributed by atoms with van der Waals surface area (Å²) in [7, 11) is 0. The van der Waals surface area contributed by atoms with Crippen LogP contribution in [0.1, 0.15) is 52.2 Å². The van der Waals surface area contributed by atoms with Gasteiger partial charge in [-0.05, 0) is 86.3 Å². The highest BCUT2D eigenvalue weighted by Crippen LogP contribution is 2.42. The molecule has 1 aromatic carbocycles. The van der Waals surface area contributed by atoms with Crippen LogP contribution in [0, 0.1) is 11.8 Å². The summed E-state index contributed by atoms with van der Waals surface area (Å²) in [6.07, 6.45) is 4.28. The van der Waals surface area contributed by atoms with Gasteiger partial charge in [0.15, 0.2) is 0 Å². The molecule has 3 N–H and O–H groups in total. The van der Waals surface area contributed by atoms with E-state index in [1.54, 1.807) is 12.1 Å². The van der Waals surface area contributed by atoms with Gasteiger partial charge in [0.2, 0.25) is 5.91 Å². The summed E-state index contributed by atoms with van der Waals surface area (Å²) in [6, 6.07) is 9.17. The Hall–Kier alpha value is -1.39. The molecule has 1 saturated carbocycles. The smallest absolute Gasteiger partial charge is 0.348 e. The molecule has 0 bridgehead atoms. The van der Waals surface area contributed by atoms with Gasteiger partial charge in [0, 0.05) is 33.4 Å². The third kappa shape index (κ3) is 9.88. The van der Waals surface area contributed by atoms with Crippen LogP contribution in [0.4, 0.5) is 0 Å². The van der Waals surface area contributed by atoms with Crippen LogP contribution < -0.4 is 0 Å². The zero-order valence-corrected chi connectivity index (χ0v) is 24.8. The number of esters is 1. The number of halogens is 3. The van der Waals surface area contributed by atoms with Gasteiger partial charge < -0.3 is 25.0 Å². The number of nitrogens with zero attached hydrogens (tertiary/aromatic N) is 1. The van der Waals surface area contributed by atoms with Crippen LogP contribution in [-0.4, -0.2) is 76.5 Å². The van der Waals surface area contributed by atoms with E-state index >= 15 is 0 Å². The fourth-order valence-electron chi connectivity index (χ4n) is 5.22. The van der Waals surface area contributed by atoms with Gasteiger partial charge in [0.1, 0.15) is 11.5 Å². The topological polar surface area (TPSA) is 107 Å². The van der Waals surface area contributed by atoms with Gasteiger partial charge in [-0.3, -0.25) is 4.79 Å². The Kier molecular flexibility index (Phi) is 13.3. The number of rotatable bonds is 15. The Bertz CT molecular complexity index is 1060. The van der Waals surface area contributed by atoms with Crippen LogP contribution in [0.3, 0.4) is 0 Å². The molecule has 1 amide bonds. The van der Waals surface area contributed by atoms with Crippen molar-refractivity contribution in [3.05, 3.63) is 55.7 Å². The molecular weight excluding hydrogens is 585 g/mol. The van der Waals surface area contributed by atoms with Crippen LogP contribution in [0.5, 0.6) is 0 Å². The van der Waals surface area contributed by atoms with Crippen molar-refractivity contribution in [2.75, 3.05) is 32.9 Å². The van der Waals surface area contributed by atoms with E-state index in [0.717, 1.165) is 42.5 Å². The van der Waals surface area contributed by atoms with E-state index in [0.29, 0.717) is 21.3 Å². The first-order valence-corrected chi connectivity index (χ1v) is 15.2. The van der Waals surface area contributed by atoms with Crippen molar-refractivity contribution in [1.82, 2.24) is 4.90 Å². The number of aliphatic hydroxyl groups is 3. The molecule has 4 unspecified atom stereocenters. The molecule has 0 aliphatic heterocycles. The van der Waals surface area contributed by atoms with Gasteiger partial charge in [-0.25, -0.2) is 4.79 Å². The van der Waals surface area contributed by atoms with Gasteiger partial charge in [-0.15, -0.1) is 22.9 Å². The lowest BCUT2D eigenvalue weighted by molar-refractivity contribution is -0.132. The zero-order valence-electron chi connectivity index (χ0n) is 21.7. The van der Waals surface area contributed by atoms with E-state index < -0.39 is 12.1 Å². The monoisotopic (exact) mass is 619 g/mol. The number of alkyl halides is 1. The maximum atomic E-state index is 12.4. The van der Waals surface area contributed by atoms with E-state index in [1.807, 2.05) is 18.2 Å². The van der Waals surface area contributed by atoms with Crippen molar-refractivity contribution in [2.45, 2.75) is 56.4 Å². The number of carbonyl (C=O) groups excluding carboxylic acids is 2. The van der Waals surface area contributed by atoms with Crippen LogP contribution in [0.2, 0.25) is 10.0 Å². The largest absolute Gasteiger partial charge is 0.461 e. The summed E-state index contributed by atoms with van der Waals surface area (Å²) in [5, 5.41) is 29.9. The van der Waals surface area contributed by atoms with Crippen molar-refractivity contribution in [3.63, 3.8) is 0 Å². The fraction of sp³-hybridized carbons (Fsp3) is 0.571. The summed E-state index contributed by atoms with van der Waals surface area (Å²) in [5.74, 6) is -0.458. The molecule has 1 aliphatic carbocycles. The van der Waals surface area contributed by atoms with Crippen molar-refractivity contribution in [3.8, 4) is 0 Å². The Morgan fingerprint density at radius 3 is 2.36 bits per heavy atom. The summed E-state index contributed by atoms with van der Waals surface area (Å²) >= 11 is 20.3. The summed E-state index contributed by atoms with van der Waals surface area (Å²) in [5.41, 5.74) is 1.05. The number of aliphatic hydroxyl groups excluding tert-OH is 3. The molecule has 3 rings (SSSR count). The lowest BCUT2D eigenvalue weighted by Gasteiger charge is -2.23. The Balaban J connectivity index is 1.44. The highest BCUT2D eigenvalue weighted by Gasteiger charge is 2.40. The molecule has 7 nitrogen and oxygen atoms in total. The first kappa shape index (κ1) is 32.1. The Morgan fingerprint density at radius 1 is 1.00 bits per heavy atom. The molecule has 11 heteroatoms. The highest BCUT2D eigenvalue weighted by atomic mass is 35.5. The first-order valence-electron chi connectivity index (χ1n) is 13.2. The number of thiophene rings is 1. The predicted molar refractivity (Wildman–Crippen MR) is 155 cm³/mol. The number of hydrogen-bond acceptors (Lipinski definition) is 7. The molecule has 0 spiro atoms. The molecular formula is C28H36Cl3NO6S. The molecule has 216 valence electrons. The number of hydrogen-bond donors (Lipinski definition) is 3. The predicted octanol–water partition coefficient (Wildman–Crippen LogP) is 4.97. The molecule has 2 aromatic rings. The summed E-state index contributed by atoms with van der Waals surface area (Å²) < 4.78 is 5.26. The SMILES string of the molecule is O=C(OCCC(=O)N(CCO)CCO)c1ccc(CCCC2C(Cl)CC(O)C2CCc2cc(Cl)cc(Cl)c2)s1. The van der Waals surface area contributed by atoms with E-state index in [4.69, 9.17) is 49.8 Å². The van der Waals surface area contributed by atoms with Crippen LogP contribution in [0.15, 0.2) is 30.3 Å². The maximum absolute atomic E-state index is 12.4. The summed E-state index contributed by atoms with van der Waals surface area (Å²) in [4.78, 5) is 27.4. The van der Waals surface area contributed by atoms with Crippen molar-refractivity contribution in [2.24, 2.45) is 11.8 Å². The molecule has 1 heterocycles. The minimum absolute atomic E-state index is 0.0116. The molecule has 0 radical (unpaired) electrons. The van der Waals surface area contributed by atoms with Crippen LogP contribution in [-0.2, 0) is 22.4 Å². The Morgan fingerprint density at radius 2 is 1.69 bits per heavy atom. The number of amides is 1. The van der Waals surface area contributed by atoms with Crippen molar-refractivity contribution >= 4 is 58.0 Å². The second-order valence-electron chi connectivity index (χ2n) is 9.84. The van der Waals surface area contributed by atoms with Gasteiger partial charge in [-0.2, -0.15) is 0 Å². The van der Waals surface area contributed by atoms with Crippen molar-refractivity contribution < 1.29 is 29.6 Å². The minimum atomic E-state index is -0.476. The van der Waals surface area contributed by atoms with E-state index in [2.05, 4.69) is 0 Å². The van der Waals surface area contributed by atoms with Crippen molar-refractivity contribution in [1.29, 1.82) is 0 Å². The second-order valence-corrected chi connectivity index (χ2v) is 12.4. The lowest BCUT2D eigenvalue weighted by atomic mass is 9.85. The molecule has 4 atom stereocenters. The van der Waals surface area contributed by atoms with Crippen LogP contribution >= 0.6 is 46.1 Å². The highest BCUT2D eigenvalue weighted by molar-refractivity contribution is 7.13. The Labute approximate surface area is 248 Å². The molecule has 1 aliphatic rings. The van der Waals surface area contributed by atoms with Gasteiger partial charge in [0.25, 0.3) is 0 Å². The molecule has 1 aromatic heterocycles. The molecule has 1 fully saturated rings. The quantitative estimate of drug-likeness (QED) is 0.192. The third-order valence-corrected chi connectivity index (χ3v) is 9.19. The van der Waals surface area contributed by atoms with Gasteiger partial charge in [0.05, 0.1) is 25.7 Å². The summed E-state index contributed by atoms with van der Waals surface area (Å²) in [6.45, 7) is -0.209. The maximum Gasteiger partial charge on any atom is 0.348 e. The fourth-order valence-corrected chi connectivity index (χ4v) is 7.23. The lowest BCUT2D eigenvalue weighted by Crippen LogP contribution is -2.36. The second kappa shape index (κ2) is 16.2. The van der Waals surface area contributed by atoms with E-state index in [-0.39, 0.29) is 62.5 Å². The first-order chi connectivity index (χ1) is 18.7. The van der Waals surface area contributed by atoms with Crippen LogP contribution in [0.25, 0.3) is 0 Å². The standard InChI is InChI=1S/C28H36Cl3NO6S/c29-19-14-18(15-20(30)16-19)4-6-23-22(24(31)17-25(23)35)3-1-2-21-5-7-26(39-21)28(37)38-13-8-27(36)32(9-11-33)10-12-34/h5,7,14-16,22-25,33-35H,1-4,6,8-13,17H2. The zero-order chi connectivity index (χ0) is 28.4. The molecule has 39 heavy (non-hydrogen) atoms. The van der Waals surface area contributed by atoms with E-state index in [1.165, 1.54) is 16.2 Å². The van der Waals surface area contributed by atoms with Gasteiger partial charge in [-0.1, -0.05) is 23.2 Å². The number of aryl methyl sites for hydroxylation is 2. The normalized spacial score (nSPS) is 20.8. The number of carbonyl (C=O) groups is 2. The molecule has 0 saturated heterocycles. The van der Waals surface area contributed by atoms with E-state index in [9.17, 15) is 14.7 Å². The average molecular weight is 621 g/mol. The minimum Gasteiger partial charge on any atom is -0.461 e. The number of benzene rings is 1.